The highest BCUT2D eigenvalue weighted by Gasteiger charge is 2.22. The van der Waals surface area contributed by atoms with Crippen LogP contribution in [0.15, 0.2) is 42.5 Å². The molecule has 2 atom stereocenters. The second-order valence-corrected chi connectivity index (χ2v) is 14.8. The molecule has 0 aliphatic carbocycles. The second kappa shape index (κ2) is 29.8. The molecule has 4 heteroatoms. The van der Waals surface area contributed by atoms with Crippen LogP contribution < -0.4 is 4.74 Å². The number of benzene rings is 2. The van der Waals surface area contributed by atoms with E-state index in [1.54, 1.807) is 0 Å². The summed E-state index contributed by atoms with van der Waals surface area (Å²) < 4.78 is 6.23. The molecule has 0 spiro atoms. The lowest BCUT2D eigenvalue weighted by atomic mass is 9.98. The van der Waals surface area contributed by atoms with Crippen LogP contribution in [-0.4, -0.2) is 28.0 Å². The third-order valence-electron chi connectivity index (χ3n) is 10.2. The maximum absolute atomic E-state index is 10.9. The standard InChI is InChI=1S/C45H76O4/c1-3-5-7-9-11-13-15-17-19-21-23-25-27-29-39-31-34-41(35-32-39)49-44-36-33-40(37-42(44)45(48)43(47)38-46)30-28-26-24-22-20-18-16-14-12-10-8-6-4-2/h31-37,43,45-48H,3-30,38H2,1-2H3. The first-order chi connectivity index (χ1) is 24.1. The van der Waals surface area contributed by atoms with Gasteiger partial charge < -0.3 is 20.1 Å². The number of aliphatic hydroxyl groups excluding tert-OH is 3. The molecule has 0 bridgehead atoms. The maximum atomic E-state index is 10.9. The lowest BCUT2D eigenvalue weighted by Gasteiger charge is -2.20. The Morgan fingerprint density at radius 3 is 1.24 bits per heavy atom. The average molecular weight is 681 g/mol. The molecule has 3 N–H and O–H groups in total. The molecule has 2 rings (SSSR count). The molecule has 0 saturated carbocycles. The molecule has 0 radical (unpaired) electrons. The molecule has 49 heavy (non-hydrogen) atoms. The monoisotopic (exact) mass is 681 g/mol. The molecule has 280 valence electrons. The fourth-order valence-corrected chi connectivity index (χ4v) is 6.93. The minimum atomic E-state index is -1.25. The van der Waals surface area contributed by atoms with Crippen molar-refractivity contribution >= 4 is 0 Å². The summed E-state index contributed by atoms with van der Waals surface area (Å²) in [5.74, 6) is 1.24. The van der Waals surface area contributed by atoms with Gasteiger partial charge in [-0.1, -0.05) is 186 Å². The summed E-state index contributed by atoms with van der Waals surface area (Å²) in [6, 6.07) is 14.2. The Labute approximate surface area is 302 Å². The lowest BCUT2D eigenvalue weighted by molar-refractivity contribution is -0.0160. The summed E-state index contributed by atoms with van der Waals surface area (Å²) in [7, 11) is 0. The Hall–Kier alpha value is -1.88. The van der Waals surface area contributed by atoms with Gasteiger partial charge in [-0.25, -0.2) is 0 Å². The maximum Gasteiger partial charge on any atom is 0.133 e. The molecule has 0 aliphatic rings. The molecule has 0 fully saturated rings. The van der Waals surface area contributed by atoms with Gasteiger partial charge >= 0.3 is 0 Å². The van der Waals surface area contributed by atoms with Gasteiger partial charge in [-0.3, -0.25) is 0 Å². The lowest BCUT2D eigenvalue weighted by Crippen LogP contribution is -2.22. The van der Waals surface area contributed by atoms with Crippen LogP contribution in [-0.2, 0) is 12.8 Å². The molecule has 0 heterocycles. The van der Waals surface area contributed by atoms with Crippen LogP contribution in [0.3, 0.4) is 0 Å². The normalized spacial score (nSPS) is 12.8. The number of hydrogen-bond acceptors (Lipinski definition) is 4. The molecule has 0 saturated heterocycles. The zero-order valence-corrected chi connectivity index (χ0v) is 32.0. The number of rotatable bonds is 33. The molecule has 0 aliphatic heterocycles. The summed E-state index contributed by atoms with van der Waals surface area (Å²) in [4.78, 5) is 0. The van der Waals surface area contributed by atoms with Gasteiger partial charge in [0.25, 0.3) is 0 Å². The minimum absolute atomic E-state index is 0.502. The Morgan fingerprint density at radius 2 is 0.837 bits per heavy atom. The summed E-state index contributed by atoms with van der Waals surface area (Å²) in [5.41, 5.74) is 2.98. The van der Waals surface area contributed by atoms with Crippen LogP contribution in [0.2, 0.25) is 0 Å². The van der Waals surface area contributed by atoms with Gasteiger partial charge in [-0.2, -0.15) is 0 Å². The van der Waals surface area contributed by atoms with E-state index in [1.165, 1.54) is 166 Å². The molecule has 2 aromatic rings. The Kier molecular flexibility index (Phi) is 26.3. The number of ether oxygens (including phenoxy) is 1. The first kappa shape index (κ1) is 43.3. The first-order valence-electron chi connectivity index (χ1n) is 21.0. The van der Waals surface area contributed by atoms with Crippen molar-refractivity contribution in [2.75, 3.05) is 6.61 Å². The van der Waals surface area contributed by atoms with Crippen LogP contribution in [0.5, 0.6) is 11.5 Å². The van der Waals surface area contributed by atoms with Crippen LogP contribution in [0.4, 0.5) is 0 Å². The highest BCUT2D eigenvalue weighted by molar-refractivity contribution is 5.43. The molecule has 0 aromatic heterocycles. The molecule has 4 nitrogen and oxygen atoms in total. The van der Waals surface area contributed by atoms with Crippen LogP contribution in [0.1, 0.15) is 204 Å². The highest BCUT2D eigenvalue weighted by Crippen LogP contribution is 2.33. The van der Waals surface area contributed by atoms with Crippen LogP contribution in [0.25, 0.3) is 0 Å². The molecule has 2 aromatic carbocycles. The molecule has 0 amide bonds. The van der Waals surface area contributed by atoms with Gasteiger partial charge in [0.05, 0.1) is 6.61 Å². The van der Waals surface area contributed by atoms with E-state index in [2.05, 4.69) is 32.0 Å². The smallest absolute Gasteiger partial charge is 0.133 e. The summed E-state index contributed by atoms with van der Waals surface area (Å²) in [6.07, 6.45) is 34.7. The van der Waals surface area contributed by atoms with E-state index in [1.807, 2.05) is 24.3 Å². The van der Waals surface area contributed by atoms with E-state index in [9.17, 15) is 15.3 Å². The Morgan fingerprint density at radius 1 is 0.469 bits per heavy atom. The topological polar surface area (TPSA) is 69.9 Å². The van der Waals surface area contributed by atoms with Crippen molar-refractivity contribution in [2.45, 2.75) is 206 Å². The molecular weight excluding hydrogens is 604 g/mol. The van der Waals surface area contributed by atoms with Gasteiger partial charge in [0.1, 0.15) is 23.7 Å². The van der Waals surface area contributed by atoms with E-state index < -0.39 is 18.8 Å². The highest BCUT2D eigenvalue weighted by atomic mass is 16.5. The fourth-order valence-electron chi connectivity index (χ4n) is 6.93. The first-order valence-corrected chi connectivity index (χ1v) is 21.0. The van der Waals surface area contributed by atoms with Crippen molar-refractivity contribution in [3.63, 3.8) is 0 Å². The Bertz CT molecular complexity index is 1020. The van der Waals surface area contributed by atoms with Gasteiger partial charge in [0, 0.05) is 5.56 Å². The predicted octanol–water partition coefficient (Wildman–Crippen LogP) is 13.1. The average Bonchev–Trinajstić information content (AvgIpc) is 3.12. The van der Waals surface area contributed by atoms with E-state index in [4.69, 9.17) is 4.74 Å². The predicted molar refractivity (Wildman–Crippen MR) is 210 cm³/mol. The second-order valence-electron chi connectivity index (χ2n) is 14.8. The van der Waals surface area contributed by atoms with Crippen LogP contribution in [0, 0.1) is 0 Å². The van der Waals surface area contributed by atoms with Gasteiger partial charge in [0.2, 0.25) is 0 Å². The van der Waals surface area contributed by atoms with Crippen LogP contribution >= 0.6 is 0 Å². The molecule has 2 unspecified atom stereocenters. The third kappa shape index (κ3) is 21.2. The van der Waals surface area contributed by atoms with Crippen molar-refractivity contribution in [2.24, 2.45) is 0 Å². The number of aryl methyl sites for hydroxylation is 2. The van der Waals surface area contributed by atoms with E-state index in [0.29, 0.717) is 17.1 Å². The number of aliphatic hydroxyl groups is 3. The quantitative estimate of drug-likeness (QED) is 0.0656. The van der Waals surface area contributed by atoms with Crippen molar-refractivity contribution < 1.29 is 20.1 Å². The van der Waals surface area contributed by atoms with Crippen molar-refractivity contribution in [3.8, 4) is 11.5 Å². The SMILES string of the molecule is CCCCCCCCCCCCCCCc1ccc(Oc2ccc(CCCCCCCCCCCCCCC)cc2C(O)C(O)CO)cc1. The van der Waals surface area contributed by atoms with Crippen molar-refractivity contribution in [1.82, 2.24) is 0 Å². The zero-order valence-electron chi connectivity index (χ0n) is 32.0. The summed E-state index contributed by atoms with van der Waals surface area (Å²) >= 11 is 0. The van der Waals surface area contributed by atoms with E-state index >= 15 is 0 Å². The largest absolute Gasteiger partial charge is 0.457 e. The third-order valence-corrected chi connectivity index (χ3v) is 10.2. The van der Waals surface area contributed by atoms with E-state index in [-0.39, 0.29) is 0 Å². The zero-order chi connectivity index (χ0) is 35.2. The van der Waals surface area contributed by atoms with Crippen molar-refractivity contribution in [1.29, 1.82) is 0 Å². The molecular formula is C45H76O4. The van der Waals surface area contributed by atoms with E-state index in [0.717, 1.165) is 24.8 Å². The number of unbranched alkanes of at least 4 members (excludes halogenated alkanes) is 24. The summed E-state index contributed by atoms with van der Waals surface area (Å²) in [5, 5.41) is 30.6. The Balaban J connectivity index is 1.68. The van der Waals surface area contributed by atoms with Gasteiger partial charge in [0.15, 0.2) is 0 Å². The number of hydrogen-bond donors (Lipinski definition) is 3. The fraction of sp³-hybridized carbons (Fsp3) is 0.733. The minimum Gasteiger partial charge on any atom is -0.457 e. The van der Waals surface area contributed by atoms with Gasteiger partial charge in [-0.05, 0) is 61.1 Å². The van der Waals surface area contributed by atoms with Crippen molar-refractivity contribution in [3.05, 3.63) is 59.2 Å². The van der Waals surface area contributed by atoms with Gasteiger partial charge in [-0.15, -0.1) is 0 Å². The summed E-state index contributed by atoms with van der Waals surface area (Å²) in [6.45, 7) is 4.06.